The van der Waals surface area contributed by atoms with Gasteiger partial charge in [-0.2, -0.15) is 0 Å². The third kappa shape index (κ3) is 2.35. The number of ether oxygens (including phenoxy) is 3. The van der Waals surface area contributed by atoms with Crippen molar-refractivity contribution in [3.05, 3.63) is 24.2 Å². The van der Waals surface area contributed by atoms with Gasteiger partial charge in [-0.25, -0.2) is 0 Å². The molecule has 0 fully saturated rings. The molecule has 0 saturated carbocycles. The van der Waals surface area contributed by atoms with Gasteiger partial charge in [-0.1, -0.05) is 6.08 Å². The molecule has 0 amide bonds. The molecule has 0 aromatic rings. The van der Waals surface area contributed by atoms with Gasteiger partial charge in [0.2, 0.25) is 11.5 Å². The van der Waals surface area contributed by atoms with Crippen LogP contribution in [0, 0.1) is 5.92 Å². The molecule has 0 saturated heterocycles. The Morgan fingerprint density at radius 1 is 1.35 bits per heavy atom. The third-order valence-electron chi connectivity index (χ3n) is 2.89. The van der Waals surface area contributed by atoms with Crippen molar-refractivity contribution in [1.82, 2.24) is 0 Å². The maximum Gasteiger partial charge on any atom is 0.229 e. The van der Waals surface area contributed by atoms with Gasteiger partial charge in [-0.3, -0.25) is 4.79 Å². The van der Waals surface area contributed by atoms with Crippen molar-refractivity contribution in [2.75, 3.05) is 21.3 Å². The highest BCUT2D eigenvalue weighted by molar-refractivity contribution is 5.99. The number of aliphatic hydroxyl groups excluding tert-OH is 1. The highest BCUT2D eigenvalue weighted by atomic mass is 16.5. The molecular formula is C12H18O5. The predicted molar refractivity (Wildman–Crippen MR) is 61.2 cm³/mol. The molecule has 1 rings (SSSR count). The van der Waals surface area contributed by atoms with E-state index in [9.17, 15) is 9.90 Å². The number of allylic oxidation sites excluding steroid dienone is 1. The average molecular weight is 242 g/mol. The molecule has 5 nitrogen and oxygen atoms in total. The highest BCUT2D eigenvalue weighted by Crippen LogP contribution is 2.32. The summed E-state index contributed by atoms with van der Waals surface area (Å²) in [6.45, 7) is 3.61. The standard InChI is InChI=1S/C12H18O5/c1-5-6-7-8(13)11(16-3)12(17-4)9(14)10(7)15-2/h5,7-8,10,13H,1,6H2,2-4H3. The molecule has 3 unspecified atom stereocenters. The van der Waals surface area contributed by atoms with Crippen molar-refractivity contribution in [2.24, 2.45) is 5.92 Å². The number of hydrogen-bond donors (Lipinski definition) is 1. The van der Waals surface area contributed by atoms with Crippen LogP contribution in [0.25, 0.3) is 0 Å². The lowest BCUT2D eigenvalue weighted by Crippen LogP contribution is -2.46. The number of rotatable bonds is 5. The van der Waals surface area contributed by atoms with E-state index in [1.165, 1.54) is 21.3 Å². The molecule has 3 atom stereocenters. The second-order valence-electron chi connectivity index (χ2n) is 3.76. The molecule has 17 heavy (non-hydrogen) atoms. The summed E-state index contributed by atoms with van der Waals surface area (Å²) in [4.78, 5) is 12.1. The Kier molecular flexibility index (Phi) is 4.72. The number of ketones is 1. The summed E-state index contributed by atoms with van der Waals surface area (Å²) in [5.74, 6) is -0.548. The Morgan fingerprint density at radius 2 is 2.00 bits per heavy atom. The van der Waals surface area contributed by atoms with E-state index in [4.69, 9.17) is 14.2 Å². The molecule has 1 N–H and O–H groups in total. The normalized spacial score (nSPS) is 29.2. The molecule has 1 aliphatic rings. The number of aliphatic hydroxyl groups is 1. The van der Waals surface area contributed by atoms with E-state index in [2.05, 4.69) is 6.58 Å². The van der Waals surface area contributed by atoms with Gasteiger partial charge in [0.05, 0.1) is 14.2 Å². The van der Waals surface area contributed by atoms with Gasteiger partial charge < -0.3 is 19.3 Å². The smallest absolute Gasteiger partial charge is 0.229 e. The Balaban J connectivity index is 3.18. The minimum absolute atomic E-state index is 0.0205. The molecule has 0 aromatic heterocycles. The van der Waals surface area contributed by atoms with Crippen molar-refractivity contribution in [3.63, 3.8) is 0 Å². The number of Topliss-reactive ketones (excluding diaryl/α,β-unsaturated/α-hetero) is 1. The fraction of sp³-hybridized carbons (Fsp3) is 0.583. The highest BCUT2D eigenvalue weighted by Gasteiger charge is 2.44. The fourth-order valence-corrected chi connectivity index (χ4v) is 2.08. The number of hydrogen-bond acceptors (Lipinski definition) is 5. The van der Waals surface area contributed by atoms with Crippen LogP contribution in [-0.2, 0) is 19.0 Å². The van der Waals surface area contributed by atoms with Crippen LogP contribution < -0.4 is 0 Å². The van der Waals surface area contributed by atoms with Gasteiger partial charge in [0.1, 0.15) is 12.2 Å². The Hall–Kier alpha value is -1.33. The molecule has 96 valence electrons. The van der Waals surface area contributed by atoms with E-state index < -0.39 is 18.1 Å². The van der Waals surface area contributed by atoms with Gasteiger partial charge >= 0.3 is 0 Å². The van der Waals surface area contributed by atoms with E-state index in [0.717, 1.165) is 0 Å². The molecular weight excluding hydrogens is 224 g/mol. The first kappa shape index (κ1) is 13.7. The van der Waals surface area contributed by atoms with Gasteiger partial charge in [0.25, 0.3) is 0 Å². The van der Waals surface area contributed by atoms with Crippen LogP contribution in [0.4, 0.5) is 0 Å². The summed E-state index contributed by atoms with van der Waals surface area (Å²) in [5.41, 5.74) is 0. The van der Waals surface area contributed by atoms with E-state index in [1.54, 1.807) is 6.08 Å². The molecule has 5 heteroatoms. The van der Waals surface area contributed by atoms with E-state index >= 15 is 0 Å². The molecule has 0 spiro atoms. The van der Waals surface area contributed by atoms with Crippen molar-refractivity contribution >= 4 is 5.78 Å². The van der Waals surface area contributed by atoms with Gasteiger partial charge in [-0.15, -0.1) is 6.58 Å². The number of methoxy groups -OCH3 is 3. The predicted octanol–water partition coefficient (Wildman–Crippen LogP) is 0.642. The van der Waals surface area contributed by atoms with Crippen molar-refractivity contribution in [2.45, 2.75) is 18.6 Å². The zero-order valence-electron chi connectivity index (χ0n) is 10.3. The van der Waals surface area contributed by atoms with Crippen LogP contribution >= 0.6 is 0 Å². The maximum absolute atomic E-state index is 12.1. The van der Waals surface area contributed by atoms with Gasteiger partial charge in [-0.05, 0) is 6.42 Å². The SMILES string of the molecule is C=CCC1C(O)C(OC)=C(OC)C(=O)C1OC. The van der Waals surface area contributed by atoms with Crippen molar-refractivity contribution < 1.29 is 24.1 Å². The molecule has 0 heterocycles. The van der Waals surface area contributed by atoms with Gasteiger partial charge in [0, 0.05) is 13.0 Å². The molecule has 0 bridgehead atoms. The van der Waals surface area contributed by atoms with Crippen LogP contribution in [0.2, 0.25) is 0 Å². The minimum atomic E-state index is -0.935. The van der Waals surface area contributed by atoms with Crippen LogP contribution in [0.3, 0.4) is 0 Å². The lowest BCUT2D eigenvalue weighted by Gasteiger charge is -2.34. The summed E-state index contributed by atoms with van der Waals surface area (Å²) in [6.07, 6.45) is 0.417. The van der Waals surface area contributed by atoms with Crippen LogP contribution in [-0.4, -0.2) is 44.4 Å². The second-order valence-corrected chi connectivity index (χ2v) is 3.76. The maximum atomic E-state index is 12.1. The molecule has 1 aliphatic carbocycles. The van der Waals surface area contributed by atoms with Gasteiger partial charge in [0.15, 0.2) is 5.76 Å². The average Bonchev–Trinajstić information content (AvgIpc) is 2.33. The van der Waals surface area contributed by atoms with E-state index in [-0.39, 0.29) is 17.3 Å². The number of carbonyl (C=O) groups excluding carboxylic acids is 1. The lowest BCUT2D eigenvalue weighted by molar-refractivity contribution is -0.138. The quantitative estimate of drug-likeness (QED) is 0.717. The monoisotopic (exact) mass is 242 g/mol. The minimum Gasteiger partial charge on any atom is -0.494 e. The van der Waals surface area contributed by atoms with E-state index in [0.29, 0.717) is 6.42 Å². The summed E-state index contributed by atoms with van der Waals surface area (Å²) in [5, 5.41) is 10.1. The Bertz CT molecular complexity index is 334. The summed E-state index contributed by atoms with van der Waals surface area (Å²) < 4.78 is 15.2. The third-order valence-corrected chi connectivity index (χ3v) is 2.89. The molecule has 0 radical (unpaired) electrons. The van der Waals surface area contributed by atoms with Crippen LogP contribution in [0.1, 0.15) is 6.42 Å². The van der Waals surface area contributed by atoms with E-state index in [1.807, 2.05) is 0 Å². The summed E-state index contributed by atoms with van der Waals surface area (Å²) >= 11 is 0. The van der Waals surface area contributed by atoms with Crippen molar-refractivity contribution in [1.29, 1.82) is 0 Å². The number of carbonyl (C=O) groups is 1. The van der Waals surface area contributed by atoms with Crippen molar-refractivity contribution in [3.8, 4) is 0 Å². The topological polar surface area (TPSA) is 65.0 Å². The lowest BCUT2D eigenvalue weighted by atomic mass is 9.83. The van der Waals surface area contributed by atoms with Crippen LogP contribution in [0.5, 0.6) is 0 Å². The Labute approximate surface area is 101 Å². The second kappa shape index (κ2) is 5.84. The van der Waals surface area contributed by atoms with Crippen LogP contribution in [0.15, 0.2) is 24.2 Å². The zero-order valence-corrected chi connectivity index (χ0v) is 10.3. The largest absolute Gasteiger partial charge is 0.494 e. The first-order chi connectivity index (χ1) is 8.12. The first-order valence-corrected chi connectivity index (χ1v) is 5.30. The molecule has 0 aromatic carbocycles. The summed E-state index contributed by atoms with van der Waals surface area (Å²) in [6, 6.07) is 0. The fourth-order valence-electron chi connectivity index (χ4n) is 2.08. The Morgan fingerprint density at radius 3 is 2.41 bits per heavy atom. The molecule has 0 aliphatic heterocycles. The zero-order chi connectivity index (χ0) is 13.0. The summed E-state index contributed by atoms with van der Waals surface area (Å²) in [7, 11) is 4.18. The first-order valence-electron chi connectivity index (χ1n) is 5.30.